The molecule has 0 aliphatic rings. The second-order valence-corrected chi connectivity index (χ2v) is 7.28. The minimum atomic E-state index is -3.23. The highest BCUT2D eigenvalue weighted by Crippen LogP contribution is 2.25. The van der Waals surface area contributed by atoms with Gasteiger partial charge in [-0.25, -0.2) is 13.2 Å². The Kier molecular flexibility index (Phi) is 4.81. The van der Waals surface area contributed by atoms with Gasteiger partial charge in [0, 0.05) is 12.2 Å². The number of carboxylic acids is 1. The van der Waals surface area contributed by atoms with Gasteiger partial charge in [0.1, 0.15) is 5.54 Å². The van der Waals surface area contributed by atoms with Crippen LogP contribution in [0.2, 0.25) is 0 Å². The first-order chi connectivity index (χ1) is 9.16. The predicted octanol–water partition coefficient (Wildman–Crippen LogP) is 2.17. The molecule has 1 aromatic carbocycles. The lowest BCUT2D eigenvalue weighted by atomic mass is 10.0. The largest absolute Gasteiger partial charge is 0.480 e. The third-order valence-electron chi connectivity index (χ3n) is 3.40. The van der Waals surface area contributed by atoms with Gasteiger partial charge in [0.25, 0.3) is 0 Å². The topological polar surface area (TPSA) is 74.7 Å². The number of nitrogens with zero attached hydrogens (tertiary/aromatic N) is 1. The SMILES string of the molecule is CCN(c1ccc(S(=O)(=O)CC)cc1)C(C)(C)C(=O)O. The van der Waals surface area contributed by atoms with Crippen molar-refractivity contribution in [1.29, 1.82) is 0 Å². The standard InChI is InChI=1S/C14H21NO4S/c1-5-15(14(3,4)13(16)17)11-7-9-12(10-8-11)20(18,19)6-2/h7-10H,5-6H2,1-4H3,(H,16,17). The third-order valence-corrected chi connectivity index (χ3v) is 5.15. The maximum atomic E-state index is 11.7. The number of hydrogen-bond donors (Lipinski definition) is 1. The molecular formula is C14H21NO4S. The lowest BCUT2D eigenvalue weighted by molar-refractivity contribution is -0.142. The van der Waals surface area contributed by atoms with Crippen LogP contribution in [0.1, 0.15) is 27.7 Å². The molecule has 0 radical (unpaired) electrons. The average Bonchev–Trinajstić information content (AvgIpc) is 2.39. The van der Waals surface area contributed by atoms with Gasteiger partial charge < -0.3 is 10.0 Å². The summed E-state index contributed by atoms with van der Waals surface area (Å²) >= 11 is 0. The van der Waals surface area contributed by atoms with Crippen LogP contribution in [0.5, 0.6) is 0 Å². The smallest absolute Gasteiger partial charge is 0.328 e. The highest BCUT2D eigenvalue weighted by atomic mass is 32.2. The van der Waals surface area contributed by atoms with Crippen molar-refractivity contribution in [2.24, 2.45) is 0 Å². The fourth-order valence-electron chi connectivity index (χ4n) is 2.02. The molecule has 5 nitrogen and oxygen atoms in total. The normalized spacial score (nSPS) is 12.2. The van der Waals surface area contributed by atoms with Crippen LogP contribution >= 0.6 is 0 Å². The molecule has 1 aromatic rings. The van der Waals surface area contributed by atoms with Gasteiger partial charge in [-0.15, -0.1) is 0 Å². The van der Waals surface area contributed by atoms with E-state index in [0.29, 0.717) is 12.2 Å². The quantitative estimate of drug-likeness (QED) is 0.871. The Labute approximate surface area is 120 Å². The molecule has 0 aliphatic carbocycles. The predicted molar refractivity (Wildman–Crippen MR) is 78.9 cm³/mol. The Bertz CT molecular complexity index is 576. The highest BCUT2D eigenvalue weighted by Gasteiger charge is 2.33. The number of carboxylic acid groups (broad SMARTS) is 1. The second-order valence-electron chi connectivity index (χ2n) is 5.01. The zero-order chi connectivity index (χ0) is 15.6. The summed E-state index contributed by atoms with van der Waals surface area (Å²) in [5, 5.41) is 9.29. The molecule has 0 spiro atoms. The van der Waals surface area contributed by atoms with Gasteiger partial charge in [-0.2, -0.15) is 0 Å². The fraction of sp³-hybridized carbons (Fsp3) is 0.500. The molecule has 0 atom stereocenters. The summed E-state index contributed by atoms with van der Waals surface area (Å²) in [4.78, 5) is 13.3. The van der Waals surface area contributed by atoms with Crippen molar-refractivity contribution in [3.63, 3.8) is 0 Å². The minimum absolute atomic E-state index is 0.0461. The Balaban J connectivity index is 3.18. The van der Waals surface area contributed by atoms with E-state index in [4.69, 9.17) is 0 Å². The number of hydrogen-bond acceptors (Lipinski definition) is 4. The number of anilines is 1. The number of sulfone groups is 1. The second kappa shape index (κ2) is 5.83. The van der Waals surface area contributed by atoms with E-state index >= 15 is 0 Å². The summed E-state index contributed by atoms with van der Waals surface area (Å²) in [5.74, 6) is -0.880. The molecule has 0 saturated heterocycles. The summed E-state index contributed by atoms with van der Waals surface area (Å²) in [5.41, 5.74) is -0.366. The lowest BCUT2D eigenvalue weighted by Gasteiger charge is -2.36. The Morgan fingerprint density at radius 3 is 2.05 bits per heavy atom. The van der Waals surface area contributed by atoms with E-state index in [-0.39, 0.29) is 10.6 Å². The molecule has 6 heteroatoms. The summed E-state index contributed by atoms with van der Waals surface area (Å²) in [6.45, 7) is 7.21. The van der Waals surface area contributed by atoms with Gasteiger partial charge in [-0.3, -0.25) is 0 Å². The van der Waals surface area contributed by atoms with Gasteiger partial charge >= 0.3 is 5.97 Å². The molecule has 112 valence electrons. The minimum Gasteiger partial charge on any atom is -0.480 e. The summed E-state index contributed by atoms with van der Waals surface area (Å²) < 4.78 is 23.5. The molecule has 0 bridgehead atoms. The number of likely N-dealkylation sites (N-methyl/N-ethyl adjacent to an activating group) is 1. The highest BCUT2D eigenvalue weighted by molar-refractivity contribution is 7.91. The van der Waals surface area contributed by atoms with E-state index in [2.05, 4.69) is 0 Å². The van der Waals surface area contributed by atoms with E-state index in [0.717, 1.165) is 0 Å². The molecule has 20 heavy (non-hydrogen) atoms. The van der Waals surface area contributed by atoms with E-state index < -0.39 is 21.3 Å². The van der Waals surface area contributed by atoms with E-state index in [9.17, 15) is 18.3 Å². The van der Waals surface area contributed by atoms with Gasteiger partial charge in [0.2, 0.25) is 0 Å². The number of carbonyl (C=O) groups is 1. The molecule has 0 saturated carbocycles. The summed E-state index contributed by atoms with van der Waals surface area (Å²) in [7, 11) is -3.23. The summed E-state index contributed by atoms with van der Waals surface area (Å²) in [6, 6.07) is 6.34. The first-order valence-electron chi connectivity index (χ1n) is 6.50. The van der Waals surface area contributed by atoms with Gasteiger partial charge in [0.05, 0.1) is 10.6 Å². The van der Waals surface area contributed by atoms with Crippen molar-refractivity contribution in [3.8, 4) is 0 Å². The van der Waals surface area contributed by atoms with Crippen LogP contribution in [0, 0.1) is 0 Å². The van der Waals surface area contributed by atoms with E-state index in [1.807, 2.05) is 6.92 Å². The molecule has 0 unspecified atom stereocenters. The fourth-order valence-corrected chi connectivity index (χ4v) is 2.90. The maximum Gasteiger partial charge on any atom is 0.328 e. The van der Waals surface area contributed by atoms with Crippen LogP contribution in [-0.4, -0.2) is 37.3 Å². The lowest BCUT2D eigenvalue weighted by Crippen LogP contribution is -2.50. The average molecular weight is 299 g/mol. The van der Waals surface area contributed by atoms with Gasteiger partial charge in [-0.05, 0) is 45.0 Å². The first kappa shape index (κ1) is 16.5. The first-order valence-corrected chi connectivity index (χ1v) is 8.16. The zero-order valence-corrected chi connectivity index (χ0v) is 13.1. The molecule has 1 rings (SSSR count). The van der Waals surface area contributed by atoms with Crippen LogP contribution in [0.25, 0.3) is 0 Å². The van der Waals surface area contributed by atoms with Crippen molar-refractivity contribution in [3.05, 3.63) is 24.3 Å². The number of benzene rings is 1. The van der Waals surface area contributed by atoms with Crippen molar-refractivity contribution < 1.29 is 18.3 Å². The Morgan fingerprint density at radius 2 is 1.70 bits per heavy atom. The van der Waals surface area contributed by atoms with Crippen molar-refractivity contribution in [1.82, 2.24) is 0 Å². The molecule has 0 amide bonds. The Hall–Kier alpha value is -1.56. The van der Waals surface area contributed by atoms with E-state index in [1.165, 1.54) is 12.1 Å². The molecule has 0 aliphatic heterocycles. The van der Waals surface area contributed by atoms with Gasteiger partial charge in [0.15, 0.2) is 9.84 Å². The molecule has 0 fully saturated rings. The zero-order valence-electron chi connectivity index (χ0n) is 12.3. The molecule has 0 heterocycles. The number of rotatable bonds is 6. The van der Waals surface area contributed by atoms with Crippen molar-refractivity contribution in [2.75, 3.05) is 17.2 Å². The molecule has 0 aromatic heterocycles. The van der Waals surface area contributed by atoms with Crippen LogP contribution < -0.4 is 4.90 Å². The van der Waals surface area contributed by atoms with Crippen molar-refractivity contribution >= 4 is 21.5 Å². The van der Waals surface area contributed by atoms with Gasteiger partial charge in [-0.1, -0.05) is 6.92 Å². The maximum absolute atomic E-state index is 11.7. The summed E-state index contributed by atoms with van der Waals surface area (Å²) in [6.07, 6.45) is 0. The van der Waals surface area contributed by atoms with Crippen LogP contribution in [-0.2, 0) is 14.6 Å². The monoisotopic (exact) mass is 299 g/mol. The van der Waals surface area contributed by atoms with Crippen LogP contribution in [0.3, 0.4) is 0 Å². The third kappa shape index (κ3) is 3.12. The van der Waals surface area contributed by atoms with Crippen molar-refractivity contribution in [2.45, 2.75) is 38.1 Å². The number of aliphatic carboxylic acids is 1. The van der Waals surface area contributed by atoms with E-state index in [1.54, 1.807) is 37.8 Å². The van der Waals surface area contributed by atoms with Crippen LogP contribution in [0.4, 0.5) is 5.69 Å². The van der Waals surface area contributed by atoms with Crippen LogP contribution in [0.15, 0.2) is 29.2 Å². The molecule has 1 N–H and O–H groups in total. The molecular weight excluding hydrogens is 278 g/mol. The Morgan fingerprint density at radius 1 is 1.20 bits per heavy atom.